The predicted octanol–water partition coefficient (Wildman–Crippen LogP) is 3.01. The molecule has 1 amide bonds. The number of rotatable bonds is 10. The van der Waals surface area contributed by atoms with Crippen LogP contribution in [0.1, 0.15) is 29.8 Å². The summed E-state index contributed by atoms with van der Waals surface area (Å²) < 4.78 is 32.1. The molecule has 0 atom stereocenters. The van der Waals surface area contributed by atoms with E-state index in [1.165, 1.54) is 16.4 Å². The van der Waals surface area contributed by atoms with Crippen molar-refractivity contribution in [1.82, 2.24) is 9.21 Å². The maximum atomic E-state index is 13.1. The molecule has 0 saturated heterocycles. The van der Waals surface area contributed by atoms with Crippen molar-refractivity contribution < 1.29 is 17.9 Å². The lowest BCUT2D eigenvalue weighted by molar-refractivity contribution is 0.0680. The van der Waals surface area contributed by atoms with E-state index in [4.69, 9.17) is 4.74 Å². The summed E-state index contributed by atoms with van der Waals surface area (Å²) in [6.45, 7) is 5.59. The maximum Gasteiger partial charge on any atom is 0.254 e. The van der Waals surface area contributed by atoms with Crippen molar-refractivity contribution >= 4 is 15.9 Å². The van der Waals surface area contributed by atoms with Gasteiger partial charge in [-0.3, -0.25) is 4.79 Å². The first-order valence-electron chi connectivity index (χ1n) is 9.36. The second-order valence-electron chi connectivity index (χ2n) is 6.32. The van der Waals surface area contributed by atoms with Crippen LogP contribution >= 0.6 is 0 Å². The van der Waals surface area contributed by atoms with Crippen LogP contribution in [0, 0.1) is 0 Å². The Morgan fingerprint density at radius 3 is 2.29 bits per heavy atom. The summed E-state index contributed by atoms with van der Waals surface area (Å²) in [5.41, 5.74) is 1.35. The zero-order valence-corrected chi connectivity index (χ0v) is 17.5. The Hall–Kier alpha value is -2.22. The largest absolute Gasteiger partial charge is 0.383 e. The Bertz CT molecular complexity index is 865. The van der Waals surface area contributed by atoms with Crippen molar-refractivity contribution in [1.29, 1.82) is 0 Å². The molecule has 0 saturated carbocycles. The third kappa shape index (κ3) is 5.41. The number of ether oxygens (including phenoxy) is 1. The number of benzene rings is 2. The van der Waals surface area contributed by atoms with E-state index < -0.39 is 10.0 Å². The van der Waals surface area contributed by atoms with Crippen LogP contribution in [0.2, 0.25) is 0 Å². The molecule has 0 aliphatic carbocycles. The molecule has 0 bridgehead atoms. The van der Waals surface area contributed by atoms with Gasteiger partial charge in [0.15, 0.2) is 0 Å². The standard InChI is InChI=1S/C21H28N2O4S/c1-4-23(5-2)28(25,26)20-13-9-12-19(16-20)21(24)22(14-15-27-3)17-18-10-7-6-8-11-18/h6-13,16H,4-5,14-15,17H2,1-3H3. The zero-order valence-electron chi connectivity index (χ0n) is 16.7. The van der Waals surface area contributed by atoms with Gasteiger partial charge in [-0.15, -0.1) is 0 Å². The summed E-state index contributed by atoms with van der Waals surface area (Å²) in [5.74, 6) is -0.225. The lowest BCUT2D eigenvalue weighted by atomic mass is 10.1. The number of nitrogens with zero attached hydrogens (tertiary/aromatic N) is 2. The van der Waals surface area contributed by atoms with E-state index in [0.717, 1.165) is 5.56 Å². The molecule has 0 aliphatic heterocycles. The number of carbonyl (C=O) groups is 1. The predicted molar refractivity (Wildman–Crippen MR) is 110 cm³/mol. The summed E-state index contributed by atoms with van der Waals surface area (Å²) in [6, 6.07) is 15.9. The van der Waals surface area contributed by atoms with E-state index in [0.29, 0.717) is 38.3 Å². The topological polar surface area (TPSA) is 66.9 Å². The zero-order chi connectivity index (χ0) is 20.6. The van der Waals surface area contributed by atoms with Gasteiger partial charge < -0.3 is 9.64 Å². The molecule has 0 fully saturated rings. The van der Waals surface area contributed by atoms with Crippen molar-refractivity contribution in [2.24, 2.45) is 0 Å². The molecule has 2 aromatic carbocycles. The third-order valence-electron chi connectivity index (χ3n) is 4.49. The highest BCUT2D eigenvalue weighted by atomic mass is 32.2. The second-order valence-corrected chi connectivity index (χ2v) is 8.26. The van der Waals surface area contributed by atoms with Gasteiger partial charge in [0.2, 0.25) is 10.0 Å². The van der Waals surface area contributed by atoms with Crippen LogP contribution in [0.3, 0.4) is 0 Å². The summed E-state index contributed by atoms with van der Waals surface area (Å²) in [6.07, 6.45) is 0. The minimum Gasteiger partial charge on any atom is -0.383 e. The highest BCUT2D eigenvalue weighted by molar-refractivity contribution is 7.89. The average Bonchev–Trinajstić information content (AvgIpc) is 2.72. The van der Waals surface area contributed by atoms with E-state index in [2.05, 4.69) is 0 Å². The van der Waals surface area contributed by atoms with Gasteiger partial charge in [0.1, 0.15) is 0 Å². The van der Waals surface area contributed by atoms with Crippen LogP contribution in [-0.2, 0) is 21.3 Å². The van der Waals surface area contributed by atoms with Gasteiger partial charge in [0.05, 0.1) is 11.5 Å². The molecule has 0 aliphatic rings. The lowest BCUT2D eigenvalue weighted by Gasteiger charge is -2.23. The summed E-state index contributed by atoms with van der Waals surface area (Å²) >= 11 is 0. The first-order chi connectivity index (χ1) is 13.4. The number of carbonyl (C=O) groups excluding carboxylic acids is 1. The highest BCUT2D eigenvalue weighted by Crippen LogP contribution is 2.19. The smallest absolute Gasteiger partial charge is 0.254 e. The molecule has 152 valence electrons. The summed E-state index contributed by atoms with van der Waals surface area (Å²) in [4.78, 5) is 14.9. The Kier molecular flexibility index (Phi) is 8.17. The van der Waals surface area contributed by atoms with E-state index >= 15 is 0 Å². The molecular formula is C21H28N2O4S. The van der Waals surface area contributed by atoms with Crippen molar-refractivity contribution in [3.05, 3.63) is 65.7 Å². The van der Waals surface area contributed by atoms with Gasteiger partial charge in [-0.1, -0.05) is 50.2 Å². The number of methoxy groups -OCH3 is 1. The molecule has 7 heteroatoms. The average molecular weight is 405 g/mol. The van der Waals surface area contributed by atoms with Crippen molar-refractivity contribution in [3.8, 4) is 0 Å². The number of amides is 1. The van der Waals surface area contributed by atoms with E-state index in [1.807, 2.05) is 30.3 Å². The third-order valence-corrected chi connectivity index (χ3v) is 6.54. The van der Waals surface area contributed by atoms with Crippen molar-refractivity contribution in [3.63, 3.8) is 0 Å². The van der Waals surface area contributed by atoms with Gasteiger partial charge in [-0.2, -0.15) is 4.31 Å². The van der Waals surface area contributed by atoms with Crippen LogP contribution < -0.4 is 0 Å². The quantitative estimate of drug-likeness (QED) is 0.611. The fourth-order valence-corrected chi connectivity index (χ4v) is 4.45. The number of hydrogen-bond acceptors (Lipinski definition) is 4. The Labute approximate surface area is 167 Å². The molecule has 0 radical (unpaired) electrons. The van der Waals surface area contributed by atoms with E-state index in [1.54, 1.807) is 38.0 Å². The van der Waals surface area contributed by atoms with Gasteiger partial charge in [0.25, 0.3) is 5.91 Å². The minimum absolute atomic E-state index is 0.133. The van der Waals surface area contributed by atoms with Gasteiger partial charge in [-0.05, 0) is 23.8 Å². The molecule has 28 heavy (non-hydrogen) atoms. The van der Waals surface area contributed by atoms with Gasteiger partial charge in [-0.25, -0.2) is 8.42 Å². The highest BCUT2D eigenvalue weighted by Gasteiger charge is 2.24. The first-order valence-corrected chi connectivity index (χ1v) is 10.8. The van der Waals surface area contributed by atoms with Crippen LogP contribution in [0.15, 0.2) is 59.5 Å². The number of hydrogen-bond donors (Lipinski definition) is 0. The van der Waals surface area contributed by atoms with Crippen LogP contribution in [-0.4, -0.2) is 56.9 Å². The fraction of sp³-hybridized carbons (Fsp3) is 0.381. The molecule has 6 nitrogen and oxygen atoms in total. The van der Waals surface area contributed by atoms with Crippen molar-refractivity contribution in [2.75, 3.05) is 33.4 Å². The SMILES string of the molecule is CCN(CC)S(=O)(=O)c1cccc(C(=O)N(CCOC)Cc2ccccc2)c1. The van der Waals surface area contributed by atoms with Crippen LogP contribution in [0.25, 0.3) is 0 Å². The number of sulfonamides is 1. The minimum atomic E-state index is -3.62. The monoisotopic (exact) mass is 404 g/mol. The van der Waals surface area contributed by atoms with Gasteiger partial charge in [0, 0.05) is 38.9 Å². The molecule has 2 rings (SSSR count). The molecule has 0 heterocycles. The van der Waals surface area contributed by atoms with E-state index in [9.17, 15) is 13.2 Å². The molecule has 0 aromatic heterocycles. The van der Waals surface area contributed by atoms with Crippen LogP contribution in [0.4, 0.5) is 0 Å². The molecule has 0 spiro atoms. The fourth-order valence-electron chi connectivity index (χ4n) is 2.94. The molecule has 0 unspecified atom stereocenters. The lowest BCUT2D eigenvalue weighted by Crippen LogP contribution is -2.34. The second kappa shape index (κ2) is 10.4. The Morgan fingerprint density at radius 2 is 1.68 bits per heavy atom. The summed E-state index contributed by atoms with van der Waals surface area (Å²) in [7, 11) is -2.04. The van der Waals surface area contributed by atoms with E-state index in [-0.39, 0.29) is 10.8 Å². The molecule has 0 N–H and O–H groups in total. The summed E-state index contributed by atoms with van der Waals surface area (Å²) in [5, 5.41) is 0. The van der Waals surface area contributed by atoms with Crippen LogP contribution in [0.5, 0.6) is 0 Å². The Balaban J connectivity index is 2.31. The Morgan fingerprint density at radius 1 is 1.00 bits per heavy atom. The maximum absolute atomic E-state index is 13.1. The molecule has 2 aromatic rings. The first kappa shape index (κ1) is 22.1. The van der Waals surface area contributed by atoms with Crippen molar-refractivity contribution in [2.45, 2.75) is 25.3 Å². The van der Waals surface area contributed by atoms with Gasteiger partial charge >= 0.3 is 0 Å². The molecular weight excluding hydrogens is 376 g/mol. The normalized spacial score (nSPS) is 11.6.